The van der Waals surface area contributed by atoms with Gasteiger partial charge in [0.2, 0.25) is 10.0 Å². The summed E-state index contributed by atoms with van der Waals surface area (Å²) < 4.78 is 31.8. The van der Waals surface area contributed by atoms with Crippen LogP contribution in [0.25, 0.3) is 0 Å². The number of rotatable bonds is 9. The van der Waals surface area contributed by atoms with Gasteiger partial charge in [0.25, 0.3) is 0 Å². The lowest BCUT2D eigenvalue weighted by Crippen LogP contribution is -2.54. The zero-order valence-corrected chi connectivity index (χ0v) is 19.0. The first kappa shape index (κ1) is 23.1. The van der Waals surface area contributed by atoms with Crippen molar-refractivity contribution in [2.24, 2.45) is 4.99 Å². The van der Waals surface area contributed by atoms with Gasteiger partial charge in [0.1, 0.15) is 0 Å². The highest BCUT2D eigenvalue weighted by Gasteiger charge is 2.27. The standard InChI is InChI=1S/C18H33N5O3S2/c1-5-16-14-21-17(27-16)6-7-20-18(19-4)22-8-10-23(11-9-22)28(24,25)13-12-26-15(2)3/h14-15H,5-13H2,1-4H3,(H,19,20). The number of thiazole rings is 1. The molecule has 2 heterocycles. The molecule has 0 radical (unpaired) electrons. The molecule has 0 amide bonds. The second-order valence-corrected chi connectivity index (χ2v) is 10.2. The number of piperazine rings is 1. The summed E-state index contributed by atoms with van der Waals surface area (Å²) in [5.74, 6) is 0.846. The minimum absolute atomic E-state index is 0.0334. The van der Waals surface area contributed by atoms with Gasteiger partial charge in [-0.1, -0.05) is 6.92 Å². The molecule has 0 atom stereocenters. The summed E-state index contributed by atoms with van der Waals surface area (Å²) in [6.07, 6.45) is 3.86. The number of aliphatic imine (C=N–C) groups is 1. The van der Waals surface area contributed by atoms with E-state index in [2.05, 4.69) is 27.1 Å². The first-order chi connectivity index (χ1) is 13.4. The predicted octanol–water partition coefficient (Wildman–Crippen LogP) is 1.20. The van der Waals surface area contributed by atoms with E-state index in [0.29, 0.717) is 26.2 Å². The van der Waals surface area contributed by atoms with E-state index in [9.17, 15) is 8.42 Å². The van der Waals surface area contributed by atoms with Crippen LogP contribution in [0.4, 0.5) is 0 Å². The van der Waals surface area contributed by atoms with Crippen molar-refractivity contribution < 1.29 is 13.2 Å². The Kier molecular flexibility index (Phi) is 9.13. The molecule has 1 aliphatic heterocycles. The summed E-state index contributed by atoms with van der Waals surface area (Å²) in [6.45, 7) is 9.13. The minimum atomic E-state index is -3.27. The first-order valence-corrected chi connectivity index (χ1v) is 12.3. The molecule has 1 fully saturated rings. The largest absolute Gasteiger partial charge is 0.378 e. The minimum Gasteiger partial charge on any atom is -0.378 e. The SMILES string of the molecule is CCc1cnc(CCNC(=NC)N2CCN(S(=O)(=O)CCOC(C)C)CC2)s1. The van der Waals surface area contributed by atoms with Crippen LogP contribution in [0, 0.1) is 0 Å². The van der Waals surface area contributed by atoms with E-state index in [1.807, 2.05) is 20.0 Å². The number of hydrogen-bond donors (Lipinski definition) is 1. The van der Waals surface area contributed by atoms with Crippen LogP contribution < -0.4 is 5.32 Å². The summed E-state index contributed by atoms with van der Waals surface area (Å²) >= 11 is 1.75. The molecule has 8 nitrogen and oxygen atoms in total. The average Bonchev–Trinajstić information content (AvgIpc) is 3.13. The van der Waals surface area contributed by atoms with Crippen LogP contribution >= 0.6 is 11.3 Å². The molecule has 160 valence electrons. The van der Waals surface area contributed by atoms with Gasteiger partial charge >= 0.3 is 0 Å². The van der Waals surface area contributed by atoms with Crippen LogP contribution in [0.15, 0.2) is 11.2 Å². The van der Waals surface area contributed by atoms with Crippen LogP contribution in [-0.2, 0) is 27.6 Å². The van der Waals surface area contributed by atoms with Gasteiger partial charge in [-0.25, -0.2) is 13.4 Å². The van der Waals surface area contributed by atoms with Gasteiger partial charge in [0.15, 0.2) is 5.96 Å². The Morgan fingerprint density at radius 1 is 1.36 bits per heavy atom. The highest BCUT2D eigenvalue weighted by molar-refractivity contribution is 7.89. The van der Waals surface area contributed by atoms with E-state index in [0.717, 1.165) is 30.4 Å². The lowest BCUT2D eigenvalue weighted by molar-refractivity contribution is 0.0904. The second kappa shape index (κ2) is 11.1. The van der Waals surface area contributed by atoms with Crippen molar-refractivity contribution in [2.45, 2.75) is 39.7 Å². The van der Waals surface area contributed by atoms with E-state index in [1.165, 1.54) is 4.88 Å². The van der Waals surface area contributed by atoms with Gasteiger partial charge in [0, 0.05) is 57.3 Å². The number of hydrogen-bond acceptors (Lipinski definition) is 6. The molecule has 0 spiro atoms. The van der Waals surface area contributed by atoms with Crippen LogP contribution in [0.2, 0.25) is 0 Å². The lowest BCUT2D eigenvalue weighted by atomic mass is 10.4. The quantitative estimate of drug-likeness (QED) is 0.467. The van der Waals surface area contributed by atoms with Gasteiger partial charge in [-0.15, -0.1) is 11.3 Å². The maximum atomic E-state index is 12.4. The average molecular weight is 432 g/mol. The number of aromatic nitrogens is 1. The van der Waals surface area contributed by atoms with Crippen molar-refractivity contribution in [1.29, 1.82) is 0 Å². The van der Waals surface area contributed by atoms with E-state index in [1.54, 1.807) is 22.7 Å². The van der Waals surface area contributed by atoms with Crippen LogP contribution in [0.1, 0.15) is 30.7 Å². The van der Waals surface area contributed by atoms with E-state index in [-0.39, 0.29) is 18.5 Å². The monoisotopic (exact) mass is 431 g/mol. The van der Waals surface area contributed by atoms with Crippen LogP contribution in [-0.4, -0.2) is 86.8 Å². The number of aryl methyl sites for hydroxylation is 1. The zero-order chi connectivity index (χ0) is 20.6. The van der Waals surface area contributed by atoms with Gasteiger partial charge in [-0.05, 0) is 20.3 Å². The molecular weight excluding hydrogens is 398 g/mol. The van der Waals surface area contributed by atoms with Crippen molar-refractivity contribution in [1.82, 2.24) is 19.5 Å². The highest BCUT2D eigenvalue weighted by Crippen LogP contribution is 2.13. The molecule has 1 aromatic heterocycles. The Labute approximate surface area is 173 Å². The summed E-state index contributed by atoms with van der Waals surface area (Å²) in [7, 11) is -1.52. The van der Waals surface area contributed by atoms with Crippen molar-refractivity contribution in [3.05, 3.63) is 16.1 Å². The molecule has 0 saturated carbocycles. The fourth-order valence-electron chi connectivity index (χ4n) is 2.94. The summed E-state index contributed by atoms with van der Waals surface area (Å²) in [5, 5.41) is 4.49. The third kappa shape index (κ3) is 6.98. The molecule has 1 aromatic rings. The molecule has 1 aliphatic rings. The molecule has 10 heteroatoms. The van der Waals surface area contributed by atoms with E-state index < -0.39 is 10.0 Å². The highest BCUT2D eigenvalue weighted by atomic mass is 32.2. The van der Waals surface area contributed by atoms with Crippen molar-refractivity contribution in [3.8, 4) is 0 Å². The molecule has 0 unspecified atom stereocenters. The number of guanidine groups is 1. The van der Waals surface area contributed by atoms with Crippen LogP contribution in [0.5, 0.6) is 0 Å². The van der Waals surface area contributed by atoms with Crippen molar-refractivity contribution >= 4 is 27.3 Å². The maximum absolute atomic E-state index is 12.4. The van der Waals surface area contributed by atoms with E-state index in [4.69, 9.17) is 4.74 Å². The predicted molar refractivity (Wildman–Crippen MR) is 115 cm³/mol. The van der Waals surface area contributed by atoms with Gasteiger partial charge in [-0.3, -0.25) is 4.99 Å². The Hall–Kier alpha value is -1.23. The molecule has 0 aromatic carbocycles. The van der Waals surface area contributed by atoms with Crippen LogP contribution in [0.3, 0.4) is 0 Å². The van der Waals surface area contributed by atoms with E-state index >= 15 is 0 Å². The Bertz CT molecular complexity index is 725. The molecule has 1 N–H and O–H groups in total. The Morgan fingerprint density at radius 2 is 2.07 bits per heavy atom. The maximum Gasteiger partial charge on any atom is 0.216 e. The second-order valence-electron chi connectivity index (χ2n) is 6.92. The summed E-state index contributed by atoms with van der Waals surface area (Å²) in [4.78, 5) is 12.2. The molecular formula is C18H33N5O3S2. The molecule has 2 rings (SSSR count). The zero-order valence-electron chi connectivity index (χ0n) is 17.3. The Balaban J connectivity index is 1.76. The van der Waals surface area contributed by atoms with Crippen molar-refractivity contribution in [2.75, 3.05) is 52.1 Å². The first-order valence-electron chi connectivity index (χ1n) is 9.84. The molecule has 0 bridgehead atoms. The fraction of sp³-hybridized carbons (Fsp3) is 0.778. The van der Waals surface area contributed by atoms with Crippen molar-refractivity contribution in [3.63, 3.8) is 0 Å². The summed E-state index contributed by atoms with van der Waals surface area (Å²) in [6, 6.07) is 0. The molecule has 1 saturated heterocycles. The summed E-state index contributed by atoms with van der Waals surface area (Å²) in [5.41, 5.74) is 0. The number of nitrogens with one attached hydrogen (secondary N) is 1. The van der Waals surface area contributed by atoms with Gasteiger partial charge in [-0.2, -0.15) is 4.31 Å². The fourth-order valence-corrected chi connectivity index (χ4v) is 5.08. The Morgan fingerprint density at radius 3 is 2.64 bits per heavy atom. The molecule has 28 heavy (non-hydrogen) atoms. The smallest absolute Gasteiger partial charge is 0.216 e. The molecule has 0 aliphatic carbocycles. The van der Waals surface area contributed by atoms with Gasteiger partial charge < -0.3 is 15.0 Å². The number of ether oxygens (including phenoxy) is 1. The lowest BCUT2D eigenvalue weighted by Gasteiger charge is -2.35. The topological polar surface area (TPSA) is 87.1 Å². The number of sulfonamides is 1. The number of nitrogens with zero attached hydrogens (tertiary/aromatic N) is 4. The van der Waals surface area contributed by atoms with Gasteiger partial charge in [0.05, 0.1) is 23.5 Å². The normalized spacial score (nSPS) is 16.8. The third-order valence-electron chi connectivity index (χ3n) is 4.51. The third-order valence-corrected chi connectivity index (χ3v) is 7.54.